The van der Waals surface area contributed by atoms with Gasteiger partial charge in [-0.2, -0.15) is 0 Å². The molecule has 21 heavy (non-hydrogen) atoms. The highest BCUT2D eigenvalue weighted by molar-refractivity contribution is 5.86. The molecule has 1 aromatic carbocycles. The van der Waals surface area contributed by atoms with Crippen LogP contribution < -0.4 is 0 Å². The maximum atomic E-state index is 13.7. The number of carbonyl (C=O) groups excluding carboxylic acids is 1. The number of nitrogens with zero attached hydrogens (tertiary/aromatic N) is 1. The number of hydrogen-bond acceptors (Lipinski definition) is 2. The van der Waals surface area contributed by atoms with Crippen LogP contribution in [0, 0.1) is 11.2 Å². The van der Waals surface area contributed by atoms with Crippen LogP contribution in [0.2, 0.25) is 0 Å². The lowest BCUT2D eigenvalue weighted by Crippen LogP contribution is -2.39. The van der Waals surface area contributed by atoms with Gasteiger partial charge in [-0.25, -0.2) is 4.39 Å². The van der Waals surface area contributed by atoms with Crippen LogP contribution in [0.1, 0.15) is 31.7 Å². The molecule has 1 fully saturated rings. The van der Waals surface area contributed by atoms with Gasteiger partial charge in [-0.1, -0.05) is 18.2 Å². The highest BCUT2D eigenvalue weighted by Gasteiger charge is 2.51. The first-order chi connectivity index (χ1) is 9.98. The molecule has 1 aromatic rings. The van der Waals surface area contributed by atoms with Crippen molar-refractivity contribution in [1.29, 1.82) is 0 Å². The van der Waals surface area contributed by atoms with E-state index in [1.807, 2.05) is 6.92 Å². The van der Waals surface area contributed by atoms with Crippen LogP contribution in [0.3, 0.4) is 0 Å². The van der Waals surface area contributed by atoms with Gasteiger partial charge in [0.2, 0.25) is 5.91 Å². The average Bonchev–Trinajstić information content (AvgIpc) is 3.22. The van der Waals surface area contributed by atoms with E-state index >= 15 is 0 Å². The highest BCUT2D eigenvalue weighted by atomic mass is 19.1. The fourth-order valence-electron chi connectivity index (χ4n) is 2.59. The van der Waals surface area contributed by atoms with Crippen LogP contribution in [-0.4, -0.2) is 35.0 Å². The molecule has 0 spiro atoms. The van der Waals surface area contributed by atoms with Gasteiger partial charge in [-0.05, 0) is 37.8 Å². The smallest absolute Gasteiger partial charge is 0.305 e. The molecule has 0 aromatic heterocycles. The van der Waals surface area contributed by atoms with Crippen molar-refractivity contribution in [3.63, 3.8) is 0 Å². The van der Waals surface area contributed by atoms with E-state index in [2.05, 4.69) is 0 Å². The van der Waals surface area contributed by atoms with Crippen LogP contribution in [0.25, 0.3) is 0 Å². The van der Waals surface area contributed by atoms with Gasteiger partial charge in [0.25, 0.3) is 0 Å². The number of aliphatic carboxylic acids is 1. The number of carboxylic acid groups (broad SMARTS) is 1. The van der Waals surface area contributed by atoms with Gasteiger partial charge in [0.05, 0.1) is 11.8 Å². The zero-order chi connectivity index (χ0) is 15.5. The molecule has 1 aliphatic rings. The van der Waals surface area contributed by atoms with E-state index in [0.29, 0.717) is 18.5 Å². The number of carboxylic acids is 1. The minimum Gasteiger partial charge on any atom is -0.481 e. The quantitative estimate of drug-likeness (QED) is 0.840. The number of hydrogen-bond donors (Lipinski definition) is 1. The lowest BCUT2D eigenvalue weighted by atomic mass is 9.94. The van der Waals surface area contributed by atoms with Gasteiger partial charge in [0.1, 0.15) is 5.82 Å². The summed E-state index contributed by atoms with van der Waals surface area (Å²) >= 11 is 0. The third-order valence-electron chi connectivity index (χ3n) is 4.06. The molecular formula is C16H20FNO3. The van der Waals surface area contributed by atoms with Gasteiger partial charge in [-0.15, -0.1) is 0 Å². The first kappa shape index (κ1) is 15.5. The Morgan fingerprint density at radius 2 is 2.00 bits per heavy atom. The first-order valence-corrected chi connectivity index (χ1v) is 7.23. The SMILES string of the molecule is CCN(CCC(=O)O)C(=O)C1(Cc2ccccc2F)CC1. The Balaban J connectivity index is 2.06. The molecule has 4 nitrogen and oxygen atoms in total. The maximum absolute atomic E-state index is 13.7. The van der Waals surface area contributed by atoms with Crippen molar-refractivity contribution < 1.29 is 19.1 Å². The van der Waals surface area contributed by atoms with Gasteiger partial charge in [-0.3, -0.25) is 9.59 Å². The third-order valence-corrected chi connectivity index (χ3v) is 4.06. The second-order valence-corrected chi connectivity index (χ2v) is 5.58. The van der Waals surface area contributed by atoms with Gasteiger partial charge >= 0.3 is 5.97 Å². The zero-order valence-corrected chi connectivity index (χ0v) is 12.1. The lowest BCUT2D eigenvalue weighted by molar-refractivity contribution is -0.140. The second-order valence-electron chi connectivity index (χ2n) is 5.58. The Bertz CT molecular complexity index is 540. The van der Waals surface area contributed by atoms with Crippen molar-refractivity contribution in [2.75, 3.05) is 13.1 Å². The van der Waals surface area contributed by atoms with Crippen molar-refractivity contribution in [3.8, 4) is 0 Å². The molecule has 1 saturated carbocycles. The molecule has 114 valence electrons. The summed E-state index contributed by atoms with van der Waals surface area (Å²) in [4.78, 5) is 24.8. The Kier molecular flexibility index (Phi) is 4.60. The molecule has 5 heteroatoms. The van der Waals surface area contributed by atoms with Crippen LogP contribution in [0.4, 0.5) is 4.39 Å². The Morgan fingerprint density at radius 1 is 1.33 bits per heavy atom. The molecule has 0 aliphatic heterocycles. The summed E-state index contributed by atoms with van der Waals surface area (Å²) in [5.74, 6) is -1.25. The standard InChI is InChI=1S/C16H20FNO3/c1-2-18(10-7-14(19)20)15(21)16(8-9-16)11-12-5-3-4-6-13(12)17/h3-6H,2,7-11H2,1H3,(H,19,20). The van der Waals surface area contributed by atoms with E-state index in [1.165, 1.54) is 6.07 Å². The van der Waals surface area contributed by atoms with Crippen LogP contribution in [0.5, 0.6) is 0 Å². The summed E-state index contributed by atoms with van der Waals surface area (Å²) in [5, 5.41) is 8.74. The summed E-state index contributed by atoms with van der Waals surface area (Å²) in [6, 6.07) is 6.50. The fraction of sp³-hybridized carbons (Fsp3) is 0.500. The van der Waals surface area contributed by atoms with E-state index in [1.54, 1.807) is 23.1 Å². The summed E-state index contributed by atoms with van der Waals surface area (Å²) < 4.78 is 13.7. The molecule has 0 unspecified atom stereocenters. The number of carbonyl (C=O) groups is 2. The Hall–Kier alpha value is -1.91. The summed E-state index contributed by atoms with van der Waals surface area (Å²) in [5.41, 5.74) is 0.0223. The molecule has 0 bridgehead atoms. The maximum Gasteiger partial charge on any atom is 0.305 e. The molecule has 2 rings (SSSR count). The van der Waals surface area contributed by atoms with Crippen molar-refractivity contribution >= 4 is 11.9 Å². The molecule has 1 amide bonds. The number of amides is 1. The lowest BCUT2D eigenvalue weighted by Gasteiger charge is -2.26. The predicted octanol–water partition coefficient (Wildman–Crippen LogP) is 2.47. The molecule has 0 saturated heterocycles. The molecule has 1 N–H and O–H groups in total. The molecular weight excluding hydrogens is 273 g/mol. The minimum atomic E-state index is -0.916. The van der Waals surface area contributed by atoms with Gasteiger partial charge < -0.3 is 10.0 Å². The van der Waals surface area contributed by atoms with E-state index < -0.39 is 11.4 Å². The van der Waals surface area contributed by atoms with E-state index in [-0.39, 0.29) is 24.7 Å². The topological polar surface area (TPSA) is 57.6 Å². The Labute approximate surface area is 123 Å². The monoisotopic (exact) mass is 293 g/mol. The summed E-state index contributed by atoms with van der Waals surface area (Å²) in [6.07, 6.45) is 1.81. The number of benzene rings is 1. The Morgan fingerprint density at radius 3 is 2.52 bits per heavy atom. The molecule has 1 aliphatic carbocycles. The zero-order valence-electron chi connectivity index (χ0n) is 12.1. The molecule has 0 heterocycles. The minimum absolute atomic E-state index is 0.0468. The summed E-state index contributed by atoms with van der Waals surface area (Å²) in [6.45, 7) is 2.52. The number of halogens is 1. The summed E-state index contributed by atoms with van der Waals surface area (Å²) in [7, 11) is 0. The normalized spacial score (nSPS) is 15.5. The van der Waals surface area contributed by atoms with Crippen LogP contribution in [-0.2, 0) is 16.0 Å². The van der Waals surface area contributed by atoms with Crippen molar-refractivity contribution in [2.45, 2.75) is 32.6 Å². The fourth-order valence-corrected chi connectivity index (χ4v) is 2.59. The van der Waals surface area contributed by atoms with E-state index in [4.69, 9.17) is 5.11 Å². The third kappa shape index (κ3) is 3.60. The van der Waals surface area contributed by atoms with Crippen LogP contribution in [0.15, 0.2) is 24.3 Å². The molecule has 0 radical (unpaired) electrons. The van der Waals surface area contributed by atoms with Crippen molar-refractivity contribution in [3.05, 3.63) is 35.6 Å². The largest absolute Gasteiger partial charge is 0.481 e. The average molecular weight is 293 g/mol. The highest BCUT2D eigenvalue weighted by Crippen LogP contribution is 2.50. The van der Waals surface area contributed by atoms with Gasteiger partial charge in [0.15, 0.2) is 0 Å². The van der Waals surface area contributed by atoms with Crippen molar-refractivity contribution in [1.82, 2.24) is 4.90 Å². The van der Waals surface area contributed by atoms with Crippen molar-refractivity contribution in [2.24, 2.45) is 5.41 Å². The van der Waals surface area contributed by atoms with E-state index in [0.717, 1.165) is 12.8 Å². The second kappa shape index (κ2) is 6.24. The van der Waals surface area contributed by atoms with Gasteiger partial charge in [0, 0.05) is 13.1 Å². The molecule has 0 atom stereocenters. The number of rotatable bonds is 7. The first-order valence-electron chi connectivity index (χ1n) is 7.23. The van der Waals surface area contributed by atoms with E-state index in [9.17, 15) is 14.0 Å². The predicted molar refractivity (Wildman–Crippen MR) is 76.3 cm³/mol. The van der Waals surface area contributed by atoms with Crippen LogP contribution >= 0.6 is 0 Å².